The summed E-state index contributed by atoms with van der Waals surface area (Å²) in [5.41, 5.74) is 6.42. The van der Waals surface area contributed by atoms with Gasteiger partial charge in [-0.15, -0.1) is 0 Å². The number of anilines is 1. The zero-order valence-corrected chi connectivity index (χ0v) is 11.2. The van der Waals surface area contributed by atoms with Crippen molar-refractivity contribution < 1.29 is 4.74 Å². The first-order valence-corrected chi connectivity index (χ1v) is 6.21. The molecule has 92 valence electrons. The van der Waals surface area contributed by atoms with Crippen molar-refractivity contribution in [3.05, 3.63) is 22.3 Å². The lowest BCUT2D eigenvalue weighted by Crippen LogP contribution is -2.48. The molecular formula is C11H15BrN4O. The van der Waals surface area contributed by atoms with Crippen LogP contribution in [-0.2, 0) is 4.74 Å². The minimum atomic E-state index is -0.325. The van der Waals surface area contributed by atoms with E-state index in [0.717, 1.165) is 22.5 Å². The molecule has 6 heteroatoms. The Balaban J connectivity index is 2.16. The van der Waals surface area contributed by atoms with Crippen molar-refractivity contribution in [2.45, 2.75) is 13.0 Å². The predicted molar refractivity (Wildman–Crippen MR) is 70.5 cm³/mol. The Kier molecular flexibility index (Phi) is 3.63. The van der Waals surface area contributed by atoms with Gasteiger partial charge in [0.15, 0.2) is 0 Å². The number of amidine groups is 1. The van der Waals surface area contributed by atoms with E-state index >= 15 is 0 Å². The highest BCUT2D eigenvalue weighted by molar-refractivity contribution is 9.10. The van der Waals surface area contributed by atoms with Crippen LogP contribution in [0.15, 0.2) is 16.6 Å². The number of aryl methyl sites for hydroxylation is 1. The van der Waals surface area contributed by atoms with Crippen LogP contribution in [0, 0.1) is 12.3 Å². The van der Waals surface area contributed by atoms with Crippen molar-refractivity contribution in [2.24, 2.45) is 5.73 Å². The third-order valence-corrected chi connectivity index (χ3v) is 3.58. The summed E-state index contributed by atoms with van der Waals surface area (Å²) in [5.74, 6) is 0.976. The molecule has 0 amide bonds. The second kappa shape index (κ2) is 5.01. The summed E-state index contributed by atoms with van der Waals surface area (Å²) >= 11 is 3.43. The van der Waals surface area contributed by atoms with Gasteiger partial charge in [-0.25, -0.2) is 4.98 Å². The number of aromatic nitrogens is 1. The fourth-order valence-electron chi connectivity index (χ4n) is 1.75. The van der Waals surface area contributed by atoms with Crippen LogP contribution in [0.2, 0.25) is 0 Å². The maximum Gasteiger partial charge on any atom is 0.131 e. The average molecular weight is 299 g/mol. The van der Waals surface area contributed by atoms with Crippen LogP contribution in [0.3, 0.4) is 0 Å². The van der Waals surface area contributed by atoms with E-state index in [2.05, 4.69) is 25.8 Å². The summed E-state index contributed by atoms with van der Waals surface area (Å²) in [6.45, 7) is 3.89. The Labute approximate surface area is 109 Å². The molecule has 1 unspecified atom stereocenters. The largest absolute Gasteiger partial charge is 0.385 e. The highest BCUT2D eigenvalue weighted by atomic mass is 79.9. The SMILES string of the molecule is Cc1nc(N2CCOC(C(=N)N)C2)ccc1Br. The van der Waals surface area contributed by atoms with Gasteiger partial charge in [0.05, 0.1) is 18.8 Å². The number of hydrogen-bond donors (Lipinski definition) is 2. The number of pyridine rings is 1. The number of nitrogens with two attached hydrogens (primary N) is 1. The maximum absolute atomic E-state index is 7.42. The van der Waals surface area contributed by atoms with Crippen molar-refractivity contribution in [3.63, 3.8) is 0 Å². The molecule has 3 N–H and O–H groups in total. The van der Waals surface area contributed by atoms with Gasteiger partial charge < -0.3 is 15.4 Å². The summed E-state index contributed by atoms with van der Waals surface area (Å²) in [6, 6.07) is 3.94. The molecule has 2 heterocycles. The molecule has 0 aliphatic carbocycles. The standard InChI is InChI=1S/C11H15BrN4O/c1-7-8(12)2-3-10(15-7)16-4-5-17-9(6-16)11(13)14/h2-3,9H,4-6H2,1H3,(H3,13,14). The number of hydrogen-bond acceptors (Lipinski definition) is 4. The number of nitrogens with one attached hydrogen (secondary N) is 1. The summed E-state index contributed by atoms with van der Waals surface area (Å²) < 4.78 is 6.41. The van der Waals surface area contributed by atoms with Crippen LogP contribution in [0.4, 0.5) is 5.82 Å². The van der Waals surface area contributed by atoms with E-state index in [1.807, 2.05) is 19.1 Å². The first-order valence-electron chi connectivity index (χ1n) is 5.41. The van der Waals surface area contributed by atoms with Crippen molar-refractivity contribution in [1.82, 2.24) is 4.98 Å². The monoisotopic (exact) mass is 298 g/mol. The van der Waals surface area contributed by atoms with Gasteiger partial charge in [0.2, 0.25) is 0 Å². The predicted octanol–water partition coefficient (Wildman–Crippen LogP) is 1.29. The van der Waals surface area contributed by atoms with Crippen LogP contribution in [-0.4, -0.2) is 36.6 Å². The van der Waals surface area contributed by atoms with Gasteiger partial charge in [-0.3, -0.25) is 5.41 Å². The number of ether oxygens (including phenoxy) is 1. The van der Waals surface area contributed by atoms with Gasteiger partial charge in [-0.2, -0.15) is 0 Å². The van der Waals surface area contributed by atoms with Gasteiger partial charge in [0.25, 0.3) is 0 Å². The fourth-order valence-corrected chi connectivity index (χ4v) is 1.97. The van der Waals surface area contributed by atoms with Crippen LogP contribution in [0.1, 0.15) is 5.69 Å². The molecule has 5 nitrogen and oxygen atoms in total. The molecule has 17 heavy (non-hydrogen) atoms. The van der Waals surface area contributed by atoms with Gasteiger partial charge in [0, 0.05) is 11.0 Å². The Morgan fingerprint density at radius 1 is 1.65 bits per heavy atom. The minimum absolute atomic E-state index is 0.0727. The fraction of sp³-hybridized carbons (Fsp3) is 0.455. The molecule has 1 saturated heterocycles. The van der Waals surface area contributed by atoms with Crippen molar-refractivity contribution in [1.29, 1.82) is 5.41 Å². The third-order valence-electron chi connectivity index (χ3n) is 2.74. The van der Waals surface area contributed by atoms with Crippen LogP contribution in [0.5, 0.6) is 0 Å². The molecule has 0 aromatic carbocycles. The lowest BCUT2D eigenvalue weighted by atomic mass is 10.2. The molecule has 1 aromatic rings. The highest BCUT2D eigenvalue weighted by Gasteiger charge is 2.23. The van der Waals surface area contributed by atoms with E-state index in [1.165, 1.54) is 0 Å². The minimum Gasteiger partial charge on any atom is -0.385 e. The smallest absolute Gasteiger partial charge is 0.131 e. The zero-order chi connectivity index (χ0) is 12.4. The first kappa shape index (κ1) is 12.3. The van der Waals surface area contributed by atoms with Gasteiger partial charge in [-0.05, 0) is 35.0 Å². The van der Waals surface area contributed by atoms with E-state index in [4.69, 9.17) is 15.9 Å². The number of halogens is 1. The molecule has 1 aliphatic heterocycles. The van der Waals surface area contributed by atoms with Crippen molar-refractivity contribution in [2.75, 3.05) is 24.6 Å². The Hall–Kier alpha value is -1.14. The quantitative estimate of drug-likeness (QED) is 0.637. The van der Waals surface area contributed by atoms with Gasteiger partial charge in [0.1, 0.15) is 17.8 Å². The maximum atomic E-state index is 7.42. The summed E-state index contributed by atoms with van der Waals surface area (Å²) in [5, 5.41) is 7.42. The van der Waals surface area contributed by atoms with Crippen LogP contribution in [0.25, 0.3) is 0 Å². The number of morpholine rings is 1. The second-order valence-corrected chi connectivity index (χ2v) is 4.85. The molecule has 1 fully saturated rings. The van der Waals surface area contributed by atoms with Crippen molar-refractivity contribution >= 4 is 27.6 Å². The van der Waals surface area contributed by atoms with Crippen molar-refractivity contribution in [3.8, 4) is 0 Å². The van der Waals surface area contributed by atoms with E-state index in [-0.39, 0.29) is 11.9 Å². The Morgan fingerprint density at radius 3 is 3.06 bits per heavy atom. The average Bonchev–Trinajstić information content (AvgIpc) is 2.33. The topological polar surface area (TPSA) is 75.2 Å². The Morgan fingerprint density at radius 2 is 2.41 bits per heavy atom. The number of rotatable bonds is 2. The highest BCUT2D eigenvalue weighted by Crippen LogP contribution is 2.20. The van der Waals surface area contributed by atoms with Crippen LogP contribution < -0.4 is 10.6 Å². The second-order valence-electron chi connectivity index (χ2n) is 4.00. The summed E-state index contributed by atoms with van der Waals surface area (Å²) in [7, 11) is 0. The van der Waals surface area contributed by atoms with Crippen LogP contribution >= 0.6 is 15.9 Å². The molecule has 0 radical (unpaired) electrons. The lowest BCUT2D eigenvalue weighted by Gasteiger charge is -2.33. The Bertz CT molecular complexity index is 437. The molecule has 0 spiro atoms. The summed E-state index contributed by atoms with van der Waals surface area (Å²) in [6.07, 6.45) is -0.325. The molecular weight excluding hydrogens is 284 g/mol. The molecule has 1 aliphatic rings. The molecule has 0 saturated carbocycles. The molecule has 1 aromatic heterocycles. The molecule has 2 rings (SSSR count). The normalized spacial score (nSPS) is 20.4. The van der Waals surface area contributed by atoms with Gasteiger partial charge in [-0.1, -0.05) is 0 Å². The zero-order valence-electron chi connectivity index (χ0n) is 9.61. The molecule has 1 atom stereocenters. The molecule has 0 bridgehead atoms. The third kappa shape index (κ3) is 2.76. The van der Waals surface area contributed by atoms with Gasteiger partial charge >= 0.3 is 0 Å². The first-order chi connectivity index (χ1) is 8.08. The lowest BCUT2D eigenvalue weighted by molar-refractivity contribution is 0.0823. The van der Waals surface area contributed by atoms with E-state index in [0.29, 0.717) is 13.2 Å². The van der Waals surface area contributed by atoms with E-state index in [1.54, 1.807) is 0 Å². The number of nitrogens with zero attached hydrogens (tertiary/aromatic N) is 2. The summed E-state index contributed by atoms with van der Waals surface area (Å²) in [4.78, 5) is 6.59. The van der Waals surface area contributed by atoms with E-state index in [9.17, 15) is 0 Å². The van der Waals surface area contributed by atoms with E-state index < -0.39 is 0 Å².